The van der Waals surface area contributed by atoms with Crippen LogP contribution in [0.15, 0.2) is 24.3 Å². The van der Waals surface area contributed by atoms with Gasteiger partial charge in [-0.3, -0.25) is 9.69 Å². The first-order valence-electron chi connectivity index (χ1n) is 6.48. The minimum absolute atomic E-state index is 0.0165. The summed E-state index contributed by atoms with van der Waals surface area (Å²) in [6, 6.07) is 7.73. The molecule has 0 spiro atoms. The van der Waals surface area contributed by atoms with Gasteiger partial charge in [0.15, 0.2) is 0 Å². The zero-order valence-corrected chi connectivity index (χ0v) is 12.3. The van der Waals surface area contributed by atoms with Crippen molar-refractivity contribution in [2.24, 2.45) is 5.73 Å². The molecule has 0 fully saturated rings. The van der Waals surface area contributed by atoms with Crippen molar-refractivity contribution in [1.29, 1.82) is 0 Å². The average molecular weight is 284 g/mol. The van der Waals surface area contributed by atoms with Gasteiger partial charge in [-0.15, -0.1) is 0 Å². The molecule has 106 valence electrons. The number of nitrogens with two attached hydrogens (primary N) is 1. The van der Waals surface area contributed by atoms with E-state index in [9.17, 15) is 4.79 Å². The summed E-state index contributed by atoms with van der Waals surface area (Å²) < 4.78 is 0. The molecule has 0 aliphatic rings. The van der Waals surface area contributed by atoms with Crippen molar-refractivity contribution in [1.82, 2.24) is 10.2 Å². The van der Waals surface area contributed by atoms with Gasteiger partial charge in [-0.05, 0) is 25.6 Å². The Morgan fingerprint density at radius 3 is 2.74 bits per heavy atom. The molecule has 0 aliphatic carbocycles. The van der Waals surface area contributed by atoms with Crippen molar-refractivity contribution in [3.05, 3.63) is 34.9 Å². The lowest BCUT2D eigenvalue weighted by molar-refractivity contribution is -0.122. The predicted octanol–water partition coefficient (Wildman–Crippen LogP) is 1.63. The van der Waals surface area contributed by atoms with Crippen LogP contribution in [0.3, 0.4) is 0 Å². The summed E-state index contributed by atoms with van der Waals surface area (Å²) in [6.07, 6.45) is 0.408. The number of hydrogen-bond donors (Lipinski definition) is 2. The molecule has 3 N–H and O–H groups in total. The van der Waals surface area contributed by atoms with Gasteiger partial charge in [-0.25, -0.2) is 0 Å². The molecule has 1 aromatic rings. The minimum Gasteiger partial charge on any atom is -0.356 e. The van der Waals surface area contributed by atoms with Crippen LogP contribution < -0.4 is 11.1 Å². The van der Waals surface area contributed by atoms with Gasteiger partial charge < -0.3 is 11.1 Å². The number of rotatable bonds is 7. The van der Waals surface area contributed by atoms with Gasteiger partial charge in [0.2, 0.25) is 5.91 Å². The summed E-state index contributed by atoms with van der Waals surface area (Å²) in [6.45, 7) is 3.67. The second-order valence-electron chi connectivity index (χ2n) is 4.55. The van der Waals surface area contributed by atoms with E-state index in [1.165, 1.54) is 0 Å². The summed E-state index contributed by atoms with van der Waals surface area (Å²) in [5, 5.41) is 3.53. The van der Waals surface area contributed by atoms with Crippen molar-refractivity contribution in [2.45, 2.75) is 25.9 Å². The molecule has 5 heteroatoms. The molecule has 0 aliphatic heterocycles. The first kappa shape index (κ1) is 16.0. The third-order valence-corrected chi connectivity index (χ3v) is 3.44. The van der Waals surface area contributed by atoms with E-state index >= 15 is 0 Å². The molecule has 0 radical (unpaired) electrons. The molecule has 1 rings (SSSR count). The van der Waals surface area contributed by atoms with E-state index < -0.39 is 0 Å². The lowest BCUT2D eigenvalue weighted by atomic mass is 10.1. The van der Waals surface area contributed by atoms with Gasteiger partial charge in [0, 0.05) is 37.1 Å². The van der Waals surface area contributed by atoms with Crippen molar-refractivity contribution in [3.63, 3.8) is 0 Å². The Bertz CT molecular complexity index is 411. The standard InChI is InChI=1S/C14H22ClN3O/c1-3-17-14(19)8-12(9-16)18(2)10-11-6-4-5-7-13(11)15/h4-7,12H,3,8-10,16H2,1-2H3,(H,17,19). The van der Waals surface area contributed by atoms with Crippen LogP contribution in [0.4, 0.5) is 0 Å². The van der Waals surface area contributed by atoms with Gasteiger partial charge in [0.05, 0.1) is 0 Å². The number of carbonyl (C=O) groups is 1. The number of carbonyl (C=O) groups excluding carboxylic acids is 1. The second kappa shape index (κ2) is 8.15. The number of amides is 1. The highest BCUT2D eigenvalue weighted by Crippen LogP contribution is 2.17. The quantitative estimate of drug-likeness (QED) is 0.800. The summed E-state index contributed by atoms with van der Waals surface area (Å²) in [5.74, 6) is 0.0314. The predicted molar refractivity (Wildman–Crippen MR) is 79.1 cm³/mol. The summed E-state index contributed by atoms with van der Waals surface area (Å²) in [4.78, 5) is 13.7. The maximum atomic E-state index is 11.6. The smallest absolute Gasteiger partial charge is 0.221 e. The van der Waals surface area contributed by atoms with Crippen molar-refractivity contribution >= 4 is 17.5 Å². The molecule has 0 saturated heterocycles. The molecule has 19 heavy (non-hydrogen) atoms. The Balaban J connectivity index is 2.61. The molecule has 1 atom stereocenters. The molecule has 0 aromatic heterocycles. The molecule has 1 amide bonds. The van der Waals surface area contributed by atoms with Crippen molar-refractivity contribution in [2.75, 3.05) is 20.1 Å². The summed E-state index contributed by atoms with van der Waals surface area (Å²) in [7, 11) is 1.96. The third-order valence-electron chi connectivity index (χ3n) is 3.07. The minimum atomic E-state index is 0.0165. The van der Waals surface area contributed by atoms with Gasteiger partial charge >= 0.3 is 0 Å². The fraction of sp³-hybridized carbons (Fsp3) is 0.500. The van der Waals surface area contributed by atoms with Crippen LogP contribution in [0.2, 0.25) is 5.02 Å². The van der Waals surface area contributed by atoms with Crippen LogP contribution >= 0.6 is 11.6 Å². The lowest BCUT2D eigenvalue weighted by Crippen LogP contribution is -2.41. The molecule has 0 saturated carbocycles. The van der Waals surface area contributed by atoms with Crippen LogP contribution in [0, 0.1) is 0 Å². The van der Waals surface area contributed by atoms with Crippen LogP contribution in [0.5, 0.6) is 0 Å². The number of hydrogen-bond acceptors (Lipinski definition) is 3. The number of nitrogens with zero attached hydrogens (tertiary/aromatic N) is 1. The fourth-order valence-corrected chi connectivity index (χ4v) is 2.12. The first-order valence-corrected chi connectivity index (χ1v) is 6.86. The van der Waals surface area contributed by atoms with E-state index in [-0.39, 0.29) is 11.9 Å². The Morgan fingerprint density at radius 1 is 1.47 bits per heavy atom. The average Bonchev–Trinajstić information content (AvgIpc) is 2.39. The van der Waals surface area contributed by atoms with E-state index in [0.717, 1.165) is 10.6 Å². The number of likely N-dealkylation sites (N-methyl/N-ethyl adjacent to an activating group) is 1. The Morgan fingerprint density at radius 2 is 2.16 bits per heavy atom. The van der Waals surface area contributed by atoms with Gasteiger partial charge in [-0.2, -0.15) is 0 Å². The highest BCUT2D eigenvalue weighted by Gasteiger charge is 2.17. The van der Waals surface area contributed by atoms with Crippen molar-refractivity contribution in [3.8, 4) is 0 Å². The second-order valence-corrected chi connectivity index (χ2v) is 4.96. The lowest BCUT2D eigenvalue weighted by Gasteiger charge is -2.26. The van der Waals surface area contributed by atoms with Crippen LogP contribution in [-0.4, -0.2) is 37.0 Å². The van der Waals surface area contributed by atoms with Crippen LogP contribution in [0.1, 0.15) is 18.9 Å². The van der Waals surface area contributed by atoms with Crippen LogP contribution in [0.25, 0.3) is 0 Å². The molecular formula is C14H22ClN3O. The maximum absolute atomic E-state index is 11.6. The molecule has 1 aromatic carbocycles. The molecule has 4 nitrogen and oxygen atoms in total. The first-order chi connectivity index (χ1) is 9.08. The van der Waals surface area contributed by atoms with E-state index in [1.54, 1.807) is 0 Å². The highest BCUT2D eigenvalue weighted by molar-refractivity contribution is 6.31. The highest BCUT2D eigenvalue weighted by atomic mass is 35.5. The zero-order chi connectivity index (χ0) is 14.3. The van der Waals surface area contributed by atoms with Gasteiger partial charge in [-0.1, -0.05) is 29.8 Å². The molecular weight excluding hydrogens is 262 g/mol. The fourth-order valence-electron chi connectivity index (χ4n) is 1.93. The summed E-state index contributed by atoms with van der Waals surface area (Å²) in [5.41, 5.74) is 6.80. The zero-order valence-electron chi connectivity index (χ0n) is 11.5. The van der Waals surface area contributed by atoms with E-state index in [2.05, 4.69) is 10.2 Å². The maximum Gasteiger partial charge on any atom is 0.221 e. The SMILES string of the molecule is CCNC(=O)CC(CN)N(C)Cc1ccccc1Cl. The number of benzene rings is 1. The third kappa shape index (κ3) is 5.19. The van der Waals surface area contributed by atoms with E-state index in [0.29, 0.717) is 26.1 Å². The summed E-state index contributed by atoms with van der Waals surface area (Å²) >= 11 is 6.13. The monoisotopic (exact) mass is 283 g/mol. The molecule has 0 heterocycles. The Hall–Kier alpha value is -1.10. The normalized spacial score (nSPS) is 12.5. The largest absolute Gasteiger partial charge is 0.356 e. The number of halogens is 1. The number of nitrogens with one attached hydrogen (secondary N) is 1. The topological polar surface area (TPSA) is 58.4 Å². The van der Waals surface area contributed by atoms with Gasteiger partial charge in [0.1, 0.15) is 0 Å². The van der Waals surface area contributed by atoms with E-state index in [4.69, 9.17) is 17.3 Å². The van der Waals surface area contributed by atoms with Gasteiger partial charge in [0.25, 0.3) is 0 Å². The Kier molecular flexibility index (Phi) is 6.84. The Labute approximate surface area is 119 Å². The van der Waals surface area contributed by atoms with Crippen molar-refractivity contribution < 1.29 is 4.79 Å². The van der Waals surface area contributed by atoms with Crippen LogP contribution in [-0.2, 0) is 11.3 Å². The molecule has 0 bridgehead atoms. The molecule has 1 unspecified atom stereocenters. The van der Waals surface area contributed by atoms with E-state index in [1.807, 2.05) is 38.2 Å².